The normalized spacial score (nSPS) is 19.9. The number of amides is 2. The highest BCUT2D eigenvalue weighted by Crippen LogP contribution is 2.44. The molecule has 34 heavy (non-hydrogen) atoms. The van der Waals surface area contributed by atoms with E-state index in [9.17, 15) is 24.6 Å². The van der Waals surface area contributed by atoms with Gasteiger partial charge in [-0.05, 0) is 35.1 Å². The van der Waals surface area contributed by atoms with Crippen LogP contribution in [0.25, 0.3) is 11.1 Å². The Morgan fingerprint density at radius 2 is 1.76 bits per heavy atom. The number of nitrogens with one attached hydrogen (secondary N) is 1. The maximum Gasteiger partial charge on any atom is 0.407 e. The van der Waals surface area contributed by atoms with E-state index in [2.05, 4.69) is 11.2 Å². The summed E-state index contributed by atoms with van der Waals surface area (Å²) in [5.74, 6) is 0.295. The third-order valence-electron chi connectivity index (χ3n) is 6.44. The number of carbonyl (C=O) groups is 3. The molecule has 2 aliphatic rings. The number of piperidine rings is 1. The van der Waals surface area contributed by atoms with Gasteiger partial charge in [0.2, 0.25) is 5.91 Å². The van der Waals surface area contributed by atoms with Crippen LogP contribution >= 0.6 is 0 Å². The van der Waals surface area contributed by atoms with Crippen LogP contribution in [0.15, 0.2) is 48.5 Å². The largest absolute Gasteiger partial charge is 0.479 e. The Morgan fingerprint density at radius 3 is 2.35 bits per heavy atom. The average molecular weight is 463 g/mol. The molecule has 1 heterocycles. The summed E-state index contributed by atoms with van der Waals surface area (Å²) in [4.78, 5) is 38.2. The highest BCUT2D eigenvalue weighted by molar-refractivity contribution is 5.87. The van der Waals surface area contributed by atoms with Gasteiger partial charge < -0.3 is 25.2 Å². The van der Waals surface area contributed by atoms with Crippen LogP contribution in [-0.2, 0) is 14.3 Å². The van der Waals surface area contributed by atoms with Crippen molar-refractivity contribution < 1.29 is 29.3 Å². The van der Waals surface area contributed by atoms with E-state index in [1.54, 1.807) is 0 Å². The predicted octanol–water partition coefficient (Wildman–Crippen LogP) is 2.36. The molecule has 0 aromatic heterocycles. The van der Waals surface area contributed by atoms with E-state index in [4.69, 9.17) is 11.2 Å². The number of aliphatic carboxylic acids is 1. The van der Waals surface area contributed by atoms with Crippen molar-refractivity contribution in [3.8, 4) is 23.5 Å². The predicted molar refractivity (Wildman–Crippen MR) is 124 cm³/mol. The molecule has 2 aromatic rings. The van der Waals surface area contributed by atoms with Gasteiger partial charge in [0.05, 0.1) is 6.54 Å². The molecular weight excluding hydrogens is 436 g/mol. The number of nitrogens with zero attached hydrogens (tertiary/aromatic N) is 1. The van der Waals surface area contributed by atoms with Crippen molar-refractivity contribution in [3.63, 3.8) is 0 Å². The van der Waals surface area contributed by atoms with E-state index in [-0.39, 0.29) is 38.5 Å². The minimum absolute atomic E-state index is 0.0473. The number of carboxylic acid groups (broad SMARTS) is 1. The Bertz CT molecular complexity index is 1110. The third kappa shape index (κ3) is 4.47. The average Bonchev–Trinajstić information content (AvgIpc) is 3.16. The zero-order valence-corrected chi connectivity index (χ0v) is 18.6. The van der Waals surface area contributed by atoms with Gasteiger partial charge >= 0.3 is 12.1 Å². The first-order chi connectivity index (χ1) is 16.3. The zero-order chi connectivity index (χ0) is 24.3. The van der Waals surface area contributed by atoms with E-state index >= 15 is 0 Å². The van der Waals surface area contributed by atoms with E-state index in [1.165, 1.54) is 4.90 Å². The number of aliphatic hydroxyl groups is 1. The molecule has 1 saturated heterocycles. The van der Waals surface area contributed by atoms with E-state index < -0.39 is 29.6 Å². The molecule has 8 heteroatoms. The Balaban J connectivity index is 1.42. The first kappa shape index (κ1) is 23.3. The third-order valence-corrected chi connectivity index (χ3v) is 6.44. The van der Waals surface area contributed by atoms with Crippen LogP contribution in [-0.4, -0.2) is 64.4 Å². The maximum absolute atomic E-state index is 13.0. The van der Waals surface area contributed by atoms with Crippen molar-refractivity contribution in [3.05, 3.63) is 59.7 Å². The van der Waals surface area contributed by atoms with Gasteiger partial charge in [-0.2, -0.15) is 0 Å². The highest BCUT2D eigenvalue weighted by Gasteiger charge is 2.43. The van der Waals surface area contributed by atoms with E-state index in [1.807, 2.05) is 48.5 Å². The Kier molecular flexibility index (Phi) is 6.57. The lowest BCUT2D eigenvalue weighted by Gasteiger charge is -2.37. The van der Waals surface area contributed by atoms with Gasteiger partial charge in [0.25, 0.3) is 0 Å². The molecule has 2 amide bonds. The van der Waals surface area contributed by atoms with Gasteiger partial charge in [-0.25, -0.2) is 9.59 Å². The fourth-order valence-electron chi connectivity index (χ4n) is 4.72. The fourth-order valence-corrected chi connectivity index (χ4v) is 4.72. The highest BCUT2D eigenvalue weighted by atomic mass is 16.5. The summed E-state index contributed by atoms with van der Waals surface area (Å²) < 4.78 is 5.50. The molecule has 0 radical (unpaired) electrons. The van der Waals surface area contributed by atoms with Crippen molar-refractivity contribution in [1.29, 1.82) is 0 Å². The second kappa shape index (κ2) is 9.57. The summed E-state index contributed by atoms with van der Waals surface area (Å²) >= 11 is 0. The van der Waals surface area contributed by atoms with Crippen molar-refractivity contribution in [2.45, 2.75) is 36.8 Å². The van der Waals surface area contributed by atoms with Crippen LogP contribution in [0.3, 0.4) is 0 Å². The first-order valence-corrected chi connectivity index (χ1v) is 11.1. The molecule has 2 unspecified atom stereocenters. The molecule has 2 aromatic carbocycles. The topological polar surface area (TPSA) is 116 Å². The summed E-state index contributed by atoms with van der Waals surface area (Å²) in [6.07, 6.45) is 4.88. The number of ether oxygens (including phenoxy) is 1. The number of fused-ring (bicyclic) bond motifs is 3. The number of benzene rings is 2. The molecular formula is C26H26N2O6. The Hall–Kier alpha value is -3.83. The number of terminal acetylenes is 1. The number of alkyl carbamates (subject to hydrolysis) is 1. The molecule has 4 rings (SSSR count). The van der Waals surface area contributed by atoms with E-state index in [0.717, 1.165) is 22.3 Å². The van der Waals surface area contributed by atoms with Gasteiger partial charge in [0.15, 0.2) is 5.60 Å². The maximum atomic E-state index is 13.0. The number of rotatable bonds is 6. The van der Waals surface area contributed by atoms with Gasteiger partial charge in [0.1, 0.15) is 12.6 Å². The van der Waals surface area contributed by atoms with Crippen LogP contribution in [0.2, 0.25) is 0 Å². The molecule has 2 atom stereocenters. The number of likely N-dealkylation sites (tertiary alicyclic amines) is 1. The number of hydrogen-bond donors (Lipinski definition) is 3. The van der Waals surface area contributed by atoms with Crippen LogP contribution in [0.1, 0.15) is 36.3 Å². The fraction of sp³-hybridized carbons (Fsp3) is 0.346. The number of hydrogen-bond acceptors (Lipinski definition) is 5. The molecule has 8 nitrogen and oxygen atoms in total. The first-order valence-electron chi connectivity index (χ1n) is 11.1. The van der Waals surface area contributed by atoms with E-state index in [0.29, 0.717) is 6.42 Å². The van der Waals surface area contributed by atoms with Crippen LogP contribution in [0, 0.1) is 12.3 Å². The summed E-state index contributed by atoms with van der Waals surface area (Å²) in [6.45, 7) is -0.0181. The lowest BCUT2D eigenvalue weighted by molar-refractivity contribution is -0.166. The summed E-state index contributed by atoms with van der Waals surface area (Å²) in [7, 11) is 0. The summed E-state index contributed by atoms with van der Waals surface area (Å²) in [5, 5.41) is 22.1. The molecule has 0 bridgehead atoms. The quantitative estimate of drug-likeness (QED) is 0.568. The SMILES string of the molecule is C#CCC(NC(=O)OCC1c2ccccc2-c2ccccc21)C(=O)N1CCCC(O)(C(=O)O)C1. The zero-order valence-electron chi connectivity index (χ0n) is 18.6. The Labute approximate surface area is 197 Å². The van der Waals surface area contributed by atoms with Gasteiger partial charge in [-0.3, -0.25) is 4.79 Å². The molecule has 0 spiro atoms. The van der Waals surface area contributed by atoms with Gasteiger partial charge in [-0.1, -0.05) is 48.5 Å². The van der Waals surface area contributed by atoms with Crippen molar-refractivity contribution in [2.75, 3.05) is 19.7 Å². The molecule has 176 valence electrons. The van der Waals surface area contributed by atoms with Crippen LogP contribution in [0.4, 0.5) is 4.79 Å². The summed E-state index contributed by atoms with van der Waals surface area (Å²) in [6, 6.07) is 14.8. The molecule has 1 fully saturated rings. The second-order valence-electron chi connectivity index (χ2n) is 8.63. The summed E-state index contributed by atoms with van der Waals surface area (Å²) in [5.41, 5.74) is 2.31. The van der Waals surface area contributed by atoms with Crippen molar-refractivity contribution in [2.24, 2.45) is 0 Å². The smallest absolute Gasteiger partial charge is 0.407 e. The molecule has 3 N–H and O–H groups in total. The molecule has 1 aliphatic carbocycles. The lowest BCUT2D eigenvalue weighted by Crippen LogP contribution is -2.58. The van der Waals surface area contributed by atoms with Crippen molar-refractivity contribution in [1.82, 2.24) is 10.2 Å². The number of carboxylic acids is 1. The monoisotopic (exact) mass is 462 g/mol. The molecule has 0 saturated carbocycles. The van der Waals surface area contributed by atoms with Crippen LogP contribution < -0.4 is 5.32 Å². The standard InChI is InChI=1S/C26H26N2O6/c1-2-8-22(23(29)28-14-7-13-26(33,16-28)24(30)31)27-25(32)34-15-21-19-11-5-3-9-17(19)18-10-4-6-12-20(18)21/h1,3-6,9-12,21-22,33H,7-8,13-16H2,(H,27,32)(H,30,31). The van der Waals surface area contributed by atoms with Gasteiger partial charge in [0, 0.05) is 18.9 Å². The number of carbonyl (C=O) groups excluding carboxylic acids is 2. The number of β-amino-alcohol motifs (C(OH)–C–C–N with tert-alkyl or cyclic N) is 1. The lowest BCUT2D eigenvalue weighted by atomic mass is 9.92. The second-order valence-corrected chi connectivity index (χ2v) is 8.63. The van der Waals surface area contributed by atoms with Crippen molar-refractivity contribution >= 4 is 18.0 Å². The molecule has 1 aliphatic heterocycles. The van der Waals surface area contributed by atoms with Gasteiger partial charge in [-0.15, -0.1) is 12.3 Å². The van der Waals surface area contributed by atoms with Crippen LogP contribution in [0.5, 0.6) is 0 Å². The minimum Gasteiger partial charge on any atom is -0.479 e. The minimum atomic E-state index is -2.02. The Morgan fingerprint density at radius 1 is 1.15 bits per heavy atom.